The Kier molecular flexibility index (Phi) is 4.42. The van der Waals surface area contributed by atoms with Crippen molar-refractivity contribution in [1.82, 2.24) is 10.3 Å². The molecule has 0 radical (unpaired) electrons. The second-order valence-electron chi connectivity index (χ2n) is 5.33. The lowest BCUT2D eigenvalue weighted by Gasteiger charge is -2.17. The highest BCUT2D eigenvalue weighted by Crippen LogP contribution is 2.17. The van der Waals surface area contributed by atoms with Gasteiger partial charge in [0.15, 0.2) is 0 Å². The number of pyridine rings is 1. The normalized spacial score (nSPS) is 11.1. The third-order valence-corrected chi connectivity index (χ3v) is 2.41. The topological polar surface area (TPSA) is 79.3 Å². The van der Waals surface area contributed by atoms with Crippen molar-refractivity contribution >= 4 is 11.9 Å². The highest BCUT2D eigenvalue weighted by atomic mass is 16.4. The van der Waals surface area contributed by atoms with Gasteiger partial charge in [0.25, 0.3) is 5.91 Å². The zero-order valence-electron chi connectivity index (χ0n) is 10.9. The van der Waals surface area contributed by atoms with Gasteiger partial charge in [-0.3, -0.25) is 9.78 Å². The molecule has 0 aliphatic heterocycles. The SMILES string of the molecule is CC(C)(C)CCNC(=O)c1cncc(C(=O)O)c1. The van der Waals surface area contributed by atoms with Crippen molar-refractivity contribution in [1.29, 1.82) is 0 Å². The van der Waals surface area contributed by atoms with E-state index in [0.29, 0.717) is 6.54 Å². The molecule has 1 rings (SSSR count). The molecule has 0 fully saturated rings. The van der Waals surface area contributed by atoms with Gasteiger partial charge in [-0.05, 0) is 17.9 Å². The number of hydrogen-bond donors (Lipinski definition) is 2. The monoisotopic (exact) mass is 250 g/mol. The lowest BCUT2D eigenvalue weighted by molar-refractivity contribution is 0.0696. The summed E-state index contributed by atoms with van der Waals surface area (Å²) in [4.78, 5) is 26.3. The molecule has 0 saturated heterocycles. The number of amides is 1. The minimum Gasteiger partial charge on any atom is -0.478 e. The minimum atomic E-state index is -1.09. The summed E-state index contributed by atoms with van der Waals surface area (Å²) < 4.78 is 0. The van der Waals surface area contributed by atoms with Gasteiger partial charge in [0.1, 0.15) is 0 Å². The van der Waals surface area contributed by atoms with Crippen molar-refractivity contribution in [3.8, 4) is 0 Å². The van der Waals surface area contributed by atoms with Crippen LogP contribution in [0.25, 0.3) is 0 Å². The summed E-state index contributed by atoms with van der Waals surface area (Å²) in [6, 6.07) is 1.32. The number of aromatic nitrogens is 1. The number of aromatic carboxylic acids is 1. The molecule has 0 spiro atoms. The molecule has 0 aliphatic rings. The molecule has 1 amide bonds. The van der Waals surface area contributed by atoms with Gasteiger partial charge < -0.3 is 10.4 Å². The van der Waals surface area contributed by atoms with E-state index in [1.165, 1.54) is 18.5 Å². The summed E-state index contributed by atoms with van der Waals surface area (Å²) in [5.74, 6) is -1.39. The van der Waals surface area contributed by atoms with Crippen LogP contribution < -0.4 is 5.32 Å². The minimum absolute atomic E-state index is 0.0125. The van der Waals surface area contributed by atoms with Crippen LogP contribution in [-0.2, 0) is 0 Å². The molecule has 18 heavy (non-hydrogen) atoms. The number of carboxylic acids is 1. The molecule has 5 heteroatoms. The molecule has 1 heterocycles. The maximum absolute atomic E-state index is 11.8. The fourth-order valence-electron chi connectivity index (χ4n) is 1.33. The number of nitrogens with one attached hydrogen (secondary N) is 1. The predicted molar refractivity (Wildman–Crippen MR) is 67.6 cm³/mol. The van der Waals surface area contributed by atoms with Crippen LogP contribution in [0.4, 0.5) is 0 Å². The molecule has 1 aromatic heterocycles. The Bertz CT molecular complexity index is 450. The third kappa shape index (κ3) is 4.53. The van der Waals surface area contributed by atoms with Crippen LogP contribution in [0.5, 0.6) is 0 Å². The summed E-state index contributed by atoms with van der Waals surface area (Å²) in [7, 11) is 0. The van der Waals surface area contributed by atoms with Crippen molar-refractivity contribution in [2.24, 2.45) is 5.41 Å². The fraction of sp³-hybridized carbons (Fsp3) is 0.462. The molecule has 0 unspecified atom stereocenters. The summed E-state index contributed by atoms with van der Waals surface area (Å²) in [5, 5.41) is 11.6. The van der Waals surface area contributed by atoms with E-state index < -0.39 is 5.97 Å². The van der Waals surface area contributed by atoms with Gasteiger partial charge in [-0.25, -0.2) is 4.79 Å². The Hall–Kier alpha value is -1.91. The van der Waals surface area contributed by atoms with E-state index in [1.807, 2.05) is 0 Å². The van der Waals surface area contributed by atoms with E-state index in [4.69, 9.17) is 5.11 Å². The maximum Gasteiger partial charge on any atom is 0.337 e. The highest BCUT2D eigenvalue weighted by molar-refractivity contribution is 5.96. The molecule has 0 saturated carbocycles. The average Bonchev–Trinajstić information content (AvgIpc) is 2.27. The van der Waals surface area contributed by atoms with Crippen LogP contribution >= 0.6 is 0 Å². The van der Waals surface area contributed by atoms with E-state index in [2.05, 4.69) is 31.1 Å². The van der Waals surface area contributed by atoms with Gasteiger partial charge in [0.2, 0.25) is 0 Å². The van der Waals surface area contributed by atoms with Gasteiger partial charge in [-0.1, -0.05) is 20.8 Å². The van der Waals surface area contributed by atoms with Gasteiger partial charge in [-0.15, -0.1) is 0 Å². The zero-order chi connectivity index (χ0) is 13.8. The lowest BCUT2D eigenvalue weighted by atomic mass is 9.92. The Balaban J connectivity index is 2.62. The predicted octanol–water partition coefficient (Wildman–Crippen LogP) is 1.95. The summed E-state index contributed by atoms with van der Waals surface area (Å²) >= 11 is 0. The van der Waals surface area contributed by atoms with Crippen molar-refractivity contribution in [3.05, 3.63) is 29.6 Å². The smallest absolute Gasteiger partial charge is 0.337 e. The van der Waals surface area contributed by atoms with E-state index in [0.717, 1.165) is 6.42 Å². The van der Waals surface area contributed by atoms with Crippen LogP contribution in [0, 0.1) is 5.41 Å². The second kappa shape index (κ2) is 5.62. The van der Waals surface area contributed by atoms with E-state index in [9.17, 15) is 9.59 Å². The second-order valence-corrected chi connectivity index (χ2v) is 5.33. The largest absolute Gasteiger partial charge is 0.478 e. The van der Waals surface area contributed by atoms with Crippen molar-refractivity contribution in [2.45, 2.75) is 27.2 Å². The molecule has 0 aromatic carbocycles. The van der Waals surface area contributed by atoms with Crippen LogP contribution in [-0.4, -0.2) is 28.5 Å². The number of nitrogens with zero attached hydrogens (tertiary/aromatic N) is 1. The fourth-order valence-corrected chi connectivity index (χ4v) is 1.33. The summed E-state index contributed by atoms with van der Waals surface area (Å²) in [6.07, 6.45) is 3.43. The number of carbonyl (C=O) groups excluding carboxylic acids is 1. The van der Waals surface area contributed by atoms with E-state index in [-0.39, 0.29) is 22.4 Å². The maximum atomic E-state index is 11.8. The molecule has 1 aromatic rings. The van der Waals surface area contributed by atoms with Crippen LogP contribution in [0.15, 0.2) is 18.5 Å². The molecular formula is C13H18N2O3. The number of carbonyl (C=O) groups is 2. The number of hydrogen-bond acceptors (Lipinski definition) is 3. The van der Waals surface area contributed by atoms with Crippen molar-refractivity contribution in [2.75, 3.05) is 6.54 Å². The molecule has 98 valence electrons. The van der Waals surface area contributed by atoms with Crippen molar-refractivity contribution in [3.63, 3.8) is 0 Å². The molecule has 2 N–H and O–H groups in total. The van der Waals surface area contributed by atoms with Gasteiger partial charge in [0, 0.05) is 18.9 Å². The Morgan fingerprint density at radius 2 is 1.89 bits per heavy atom. The van der Waals surface area contributed by atoms with E-state index >= 15 is 0 Å². The molecule has 0 bridgehead atoms. The highest BCUT2D eigenvalue weighted by Gasteiger charge is 2.13. The number of rotatable bonds is 4. The van der Waals surface area contributed by atoms with Gasteiger partial charge in [-0.2, -0.15) is 0 Å². The lowest BCUT2D eigenvalue weighted by Crippen LogP contribution is -2.27. The molecule has 0 atom stereocenters. The quantitative estimate of drug-likeness (QED) is 0.856. The first-order valence-electron chi connectivity index (χ1n) is 5.76. The van der Waals surface area contributed by atoms with Crippen LogP contribution in [0.2, 0.25) is 0 Å². The standard InChI is InChI=1S/C13H18N2O3/c1-13(2,3)4-5-15-11(16)9-6-10(12(17)18)8-14-7-9/h6-8H,4-5H2,1-3H3,(H,15,16)(H,17,18). The molecule has 0 aliphatic carbocycles. The molecule has 5 nitrogen and oxygen atoms in total. The van der Waals surface area contributed by atoms with Crippen LogP contribution in [0.1, 0.15) is 47.9 Å². The van der Waals surface area contributed by atoms with Gasteiger partial charge >= 0.3 is 5.97 Å². The zero-order valence-corrected chi connectivity index (χ0v) is 10.9. The van der Waals surface area contributed by atoms with Gasteiger partial charge in [0.05, 0.1) is 11.1 Å². The Morgan fingerprint density at radius 1 is 1.28 bits per heavy atom. The first-order chi connectivity index (χ1) is 8.29. The summed E-state index contributed by atoms with van der Waals surface area (Å²) in [5.41, 5.74) is 0.427. The number of carboxylic acid groups (broad SMARTS) is 1. The van der Waals surface area contributed by atoms with Crippen LogP contribution in [0.3, 0.4) is 0 Å². The Labute approximate surface area is 106 Å². The van der Waals surface area contributed by atoms with E-state index in [1.54, 1.807) is 0 Å². The average molecular weight is 250 g/mol. The first kappa shape index (κ1) is 14.2. The van der Waals surface area contributed by atoms with Crippen molar-refractivity contribution < 1.29 is 14.7 Å². The summed E-state index contributed by atoms with van der Waals surface area (Å²) in [6.45, 7) is 6.82. The molecular weight excluding hydrogens is 232 g/mol. The third-order valence-electron chi connectivity index (χ3n) is 2.41. The first-order valence-corrected chi connectivity index (χ1v) is 5.76. The Morgan fingerprint density at radius 3 is 2.44 bits per heavy atom.